The van der Waals surface area contributed by atoms with Gasteiger partial charge in [0.2, 0.25) is 0 Å². The Morgan fingerprint density at radius 2 is 1.62 bits per heavy atom. The molecule has 0 saturated carbocycles. The van der Waals surface area contributed by atoms with Crippen LogP contribution in [-0.4, -0.2) is 13.0 Å². The Morgan fingerprint density at radius 3 is 2.24 bits per heavy atom. The predicted molar refractivity (Wildman–Crippen MR) is 118 cm³/mol. The molecule has 0 spiro atoms. The minimum absolute atomic E-state index is 0.183. The lowest BCUT2D eigenvalue weighted by Gasteiger charge is -2.25. The van der Waals surface area contributed by atoms with Crippen LogP contribution in [0.25, 0.3) is 0 Å². The van der Waals surface area contributed by atoms with E-state index in [1.54, 1.807) is 24.1 Å². The normalized spacial score (nSPS) is 10.4. The van der Waals surface area contributed by atoms with Crippen LogP contribution in [-0.2, 0) is 17.8 Å². The number of ether oxygens (including phenoxy) is 1. The van der Waals surface area contributed by atoms with Crippen molar-refractivity contribution in [2.24, 2.45) is 0 Å². The Morgan fingerprint density at radius 1 is 1.00 bits per heavy atom. The Labute approximate surface area is 178 Å². The van der Waals surface area contributed by atoms with Crippen LogP contribution >= 0.6 is 15.9 Å². The number of para-hydroxylation sites is 1. The molecule has 0 aliphatic carbocycles. The molecule has 0 N–H and O–H groups in total. The number of methoxy groups -OCH3 is 1. The molecule has 0 unspecified atom stereocenters. The highest BCUT2D eigenvalue weighted by Crippen LogP contribution is 2.29. The highest BCUT2D eigenvalue weighted by atomic mass is 79.9. The van der Waals surface area contributed by atoms with Gasteiger partial charge in [-0.1, -0.05) is 43.0 Å². The second-order valence-electron chi connectivity index (χ2n) is 6.60. The average Bonchev–Trinajstić information content (AvgIpc) is 2.74. The van der Waals surface area contributed by atoms with Crippen molar-refractivity contribution in [2.75, 3.05) is 12.0 Å². The summed E-state index contributed by atoms with van der Waals surface area (Å²) in [7, 11) is 1.62. The number of carbonyl (C=O) groups excluding carboxylic acids is 1. The second-order valence-corrected chi connectivity index (χ2v) is 7.45. The van der Waals surface area contributed by atoms with E-state index in [1.165, 1.54) is 12.1 Å². The molecule has 3 aromatic rings. The zero-order chi connectivity index (χ0) is 20.8. The Kier molecular flexibility index (Phi) is 6.83. The lowest BCUT2D eigenvalue weighted by molar-refractivity contribution is -0.115. The molecule has 1 amide bonds. The van der Waals surface area contributed by atoms with E-state index in [2.05, 4.69) is 22.5 Å². The fraction of sp³-hybridized carbons (Fsp3) is 0.125. The second kappa shape index (κ2) is 9.52. The van der Waals surface area contributed by atoms with E-state index in [1.807, 2.05) is 48.5 Å². The number of hydrogen-bond donors (Lipinski definition) is 0. The summed E-state index contributed by atoms with van der Waals surface area (Å²) in [6.07, 6.45) is 0.350. The van der Waals surface area contributed by atoms with Crippen molar-refractivity contribution in [1.29, 1.82) is 0 Å². The van der Waals surface area contributed by atoms with E-state index in [4.69, 9.17) is 4.74 Å². The van der Waals surface area contributed by atoms with Gasteiger partial charge >= 0.3 is 0 Å². The molecule has 0 aliphatic rings. The zero-order valence-corrected chi connectivity index (χ0v) is 17.7. The van der Waals surface area contributed by atoms with Crippen LogP contribution in [0.3, 0.4) is 0 Å². The number of benzene rings is 3. The first-order valence-electron chi connectivity index (χ1n) is 9.09. The van der Waals surface area contributed by atoms with Crippen molar-refractivity contribution in [2.45, 2.75) is 13.0 Å². The maximum absolute atomic E-state index is 13.3. The lowest BCUT2D eigenvalue weighted by Crippen LogP contribution is -2.32. The van der Waals surface area contributed by atoms with Crippen molar-refractivity contribution >= 4 is 27.5 Å². The molecule has 3 nitrogen and oxygen atoms in total. The van der Waals surface area contributed by atoms with Gasteiger partial charge < -0.3 is 9.64 Å². The number of halogens is 2. The minimum atomic E-state index is -0.306. The summed E-state index contributed by atoms with van der Waals surface area (Å²) in [4.78, 5) is 15.0. The van der Waals surface area contributed by atoms with E-state index in [9.17, 15) is 9.18 Å². The van der Waals surface area contributed by atoms with Gasteiger partial charge in [-0.15, -0.1) is 0 Å². The minimum Gasteiger partial charge on any atom is -0.497 e. The molecular weight excluding hydrogens is 433 g/mol. The van der Waals surface area contributed by atoms with Crippen LogP contribution in [0.1, 0.15) is 11.1 Å². The maximum Gasteiger partial charge on any atom is 0.254 e. The summed E-state index contributed by atoms with van der Waals surface area (Å²) in [5, 5.41) is 0. The van der Waals surface area contributed by atoms with E-state index in [0.717, 1.165) is 27.0 Å². The number of rotatable bonds is 7. The van der Waals surface area contributed by atoms with Crippen LogP contribution in [0.2, 0.25) is 0 Å². The molecule has 5 heteroatoms. The SMILES string of the molecule is C=C(Cc1ccc(F)cc1)C(=O)N(Cc1ccc(OC)cc1)c1ccccc1Br. The molecule has 0 fully saturated rings. The Bertz CT molecular complexity index is 1000. The van der Waals surface area contributed by atoms with Gasteiger partial charge in [0.1, 0.15) is 11.6 Å². The number of carbonyl (C=O) groups is 1. The molecule has 148 valence electrons. The molecule has 0 aromatic heterocycles. The Balaban J connectivity index is 1.86. The van der Waals surface area contributed by atoms with Crippen LogP contribution in [0.5, 0.6) is 5.75 Å². The van der Waals surface area contributed by atoms with Crippen LogP contribution < -0.4 is 9.64 Å². The average molecular weight is 454 g/mol. The predicted octanol–water partition coefficient (Wildman–Crippen LogP) is 5.93. The monoisotopic (exact) mass is 453 g/mol. The van der Waals surface area contributed by atoms with Gasteiger partial charge in [0.15, 0.2) is 0 Å². The largest absolute Gasteiger partial charge is 0.497 e. The summed E-state index contributed by atoms with van der Waals surface area (Å²) in [6, 6.07) is 21.3. The summed E-state index contributed by atoms with van der Waals surface area (Å²) < 4.78 is 19.2. The molecule has 0 atom stereocenters. The van der Waals surface area contributed by atoms with Gasteiger partial charge in [0.05, 0.1) is 19.3 Å². The van der Waals surface area contributed by atoms with Crippen LogP contribution in [0.15, 0.2) is 89.4 Å². The van der Waals surface area contributed by atoms with Crippen molar-refractivity contribution in [1.82, 2.24) is 0 Å². The Hall–Kier alpha value is -2.92. The molecule has 0 heterocycles. The smallest absolute Gasteiger partial charge is 0.254 e. The molecule has 0 radical (unpaired) electrons. The third-order valence-electron chi connectivity index (χ3n) is 4.52. The van der Waals surface area contributed by atoms with Gasteiger partial charge in [-0.25, -0.2) is 4.39 Å². The summed E-state index contributed by atoms with van der Waals surface area (Å²) >= 11 is 3.54. The molecule has 3 rings (SSSR count). The number of anilines is 1. The van der Waals surface area contributed by atoms with Crippen LogP contribution in [0, 0.1) is 5.82 Å². The van der Waals surface area contributed by atoms with Crippen LogP contribution in [0.4, 0.5) is 10.1 Å². The van der Waals surface area contributed by atoms with Gasteiger partial charge in [0, 0.05) is 16.5 Å². The van der Waals surface area contributed by atoms with Crippen molar-refractivity contribution in [3.05, 3.63) is 106 Å². The molecule has 29 heavy (non-hydrogen) atoms. The van der Waals surface area contributed by atoms with E-state index >= 15 is 0 Å². The zero-order valence-electron chi connectivity index (χ0n) is 16.1. The first-order chi connectivity index (χ1) is 14.0. The van der Waals surface area contributed by atoms with E-state index in [0.29, 0.717) is 18.5 Å². The molecule has 3 aromatic carbocycles. The van der Waals surface area contributed by atoms with Crippen molar-refractivity contribution in [3.63, 3.8) is 0 Å². The number of hydrogen-bond acceptors (Lipinski definition) is 2. The highest BCUT2D eigenvalue weighted by Gasteiger charge is 2.21. The fourth-order valence-electron chi connectivity index (χ4n) is 2.97. The van der Waals surface area contributed by atoms with Gasteiger partial charge in [0.25, 0.3) is 5.91 Å². The van der Waals surface area contributed by atoms with E-state index in [-0.39, 0.29) is 11.7 Å². The molecule has 0 saturated heterocycles. The standard InChI is InChI=1S/C24H21BrFNO2/c1-17(15-18-7-11-20(26)12-8-18)24(28)27(23-6-4-3-5-22(23)25)16-19-9-13-21(29-2)14-10-19/h3-14H,1,15-16H2,2H3. The van der Waals surface area contributed by atoms with Gasteiger partial charge in [-0.2, -0.15) is 0 Å². The highest BCUT2D eigenvalue weighted by molar-refractivity contribution is 9.10. The summed E-state index contributed by atoms with van der Waals surface area (Å²) in [6.45, 7) is 4.38. The number of nitrogens with zero attached hydrogens (tertiary/aromatic N) is 1. The van der Waals surface area contributed by atoms with Crippen molar-refractivity contribution < 1.29 is 13.9 Å². The first kappa shape index (κ1) is 20.8. The first-order valence-corrected chi connectivity index (χ1v) is 9.89. The fourth-order valence-corrected chi connectivity index (χ4v) is 3.46. The lowest BCUT2D eigenvalue weighted by atomic mass is 10.0. The van der Waals surface area contributed by atoms with E-state index < -0.39 is 0 Å². The third-order valence-corrected chi connectivity index (χ3v) is 5.19. The summed E-state index contributed by atoms with van der Waals surface area (Å²) in [5.74, 6) is 0.269. The van der Waals surface area contributed by atoms with Gasteiger partial charge in [-0.3, -0.25) is 4.79 Å². The third kappa shape index (κ3) is 5.33. The topological polar surface area (TPSA) is 29.5 Å². The van der Waals surface area contributed by atoms with Crippen molar-refractivity contribution in [3.8, 4) is 5.75 Å². The molecule has 0 bridgehead atoms. The molecule has 0 aliphatic heterocycles. The van der Waals surface area contributed by atoms with Gasteiger partial charge in [-0.05, 0) is 63.5 Å². The maximum atomic E-state index is 13.3. The molecular formula is C24H21BrFNO2. The summed E-state index contributed by atoms with van der Waals surface area (Å²) in [5.41, 5.74) is 2.99. The number of amides is 1. The quantitative estimate of drug-likeness (QED) is 0.415.